The van der Waals surface area contributed by atoms with Crippen molar-refractivity contribution in [3.05, 3.63) is 53.6 Å². The lowest BCUT2D eigenvalue weighted by atomic mass is 10.1. The van der Waals surface area contributed by atoms with Gasteiger partial charge in [0.25, 0.3) is 5.91 Å². The lowest BCUT2D eigenvalue weighted by Crippen LogP contribution is -2.34. The molecule has 0 N–H and O–H groups in total. The van der Waals surface area contributed by atoms with E-state index in [1.165, 1.54) is 22.3 Å². The molecule has 5 nitrogen and oxygen atoms in total. The first-order valence-corrected chi connectivity index (χ1v) is 9.57. The summed E-state index contributed by atoms with van der Waals surface area (Å²) in [6, 6.07) is 8.79. The minimum atomic E-state index is -0.884. The highest BCUT2D eigenvalue weighted by molar-refractivity contribution is 7.22. The maximum absolute atomic E-state index is 14.2. The number of hydrogen-bond acceptors (Lipinski definition) is 5. The fourth-order valence-corrected chi connectivity index (χ4v) is 3.82. The van der Waals surface area contributed by atoms with Crippen LogP contribution in [0.5, 0.6) is 5.75 Å². The van der Waals surface area contributed by atoms with Crippen molar-refractivity contribution in [2.75, 3.05) is 39.2 Å². The molecule has 1 amide bonds. The van der Waals surface area contributed by atoms with E-state index in [9.17, 15) is 13.6 Å². The molecule has 0 fully saturated rings. The first-order valence-electron chi connectivity index (χ1n) is 8.76. The summed E-state index contributed by atoms with van der Waals surface area (Å²) in [4.78, 5) is 20.9. The molecular formula is C20H21F2N3O2S. The third kappa shape index (κ3) is 4.28. The van der Waals surface area contributed by atoms with Gasteiger partial charge in [0.2, 0.25) is 0 Å². The van der Waals surface area contributed by atoms with Crippen LogP contribution in [0.25, 0.3) is 10.2 Å². The Kier molecular flexibility index (Phi) is 6.21. The van der Waals surface area contributed by atoms with Gasteiger partial charge in [-0.3, -0.25) is 9.69 Å². The average molecular weight is 405 g/mol. The fraction of sp³-hybridized carbons (Fsp3) is 0.300. The van der Waals surface area contributed by atoms with Crippen molar-refractivity contribution in [1.82, 2.24) is 9.88 Å². The molecule has 3 rings (SSSR count). The van der Waals surface area contributed by atoms with Gasteiger partial charge in [-0.1, -0.05) is 17.4 Å². The van der Waals surface area contributed by atoms with Gasteiger partial charge in [0.05, 0.1) is 17.3 Å². The normalized spacial score (nSPS) is 11.2. The maximum atomic E-state index is 14.2. The van der Waals surface area contributed by atoms with Crippen LogP contribution in [-0.2, 0) is 0 Å². The van der Waals surface area contributed by atoms with Gasteiger partial charge >= 0.3 is 0 Å². The molecule has 1 aromatic heterocycles. The number of aromatic nitrogens is 1. The Bertz CT molecular complexity index is 970. The van der Waals surface area contributed by atoms with Gasteiger partial charge in [0.1, 0.15) is 22.9 Å². The van der Waals surface area contributed by atoms with Crippen LogP contribution in [0.4, 0.5) is 13.9 Å². The van der Waals surface area contributed by atoms with Crippen LogP contribution in [-0.4, -0.2) is 50.1 Å². The van der Waals surface area contributed by atoms with Crippen molar-refractivity contribution in [2.45, 2.75) is 6.42 Å². The molecule has 8 heteroatoms. The molecule has 0 saturated heterocycles. The third-order valence-electron chi connectivity index (χ3n) is 4.22. The highest BCUT2D eigenvalue weighted by Crippen LogP contribution is 2.32. The molecule has 0 aliphatic carbocycles. The van der Waals surface area contributed by atoms with Crippen LogP contribution in [0.3, 0.4) is 0 Å². The number of amides is 1. The molecule has 0 bridgehead atoms. The van der Waals surface area contributed by atoms with Crippen LogP contribution in [0.2, 0.25) is 0 Å². The number of carbonyl (C=O) groups is 1. The SMILES string of the molecule is COc1ccc2nc(N(CCCN(C)C)C(=O)c3c(F)cccc3F)sc2c1. The minimum Gasteiger partial charge on any atom is -0.497 e. The number of carbonyl (C=O) groups excluding carboxylic acids is 1. The zero-order valence-electron chi connectivity index (χ0n) is 15.9. The number of nitrogens with zero attached hydrogens (tertiary/aromatic N) is 3. The number of benzene rings is 2. The number of rotatable bonds is 7. The Hall–Kier alpha value is -2.58. The van der Waals surface area contributed by atoms with Crippen LogP contribution in [0.1, 0.15) is 16.8 Å². The molecule has 0 aliphatic rings. The molecule has 0 atom stereocenters. The van der Waals surface area contributed by atoms with Crippen molar-refractivity contribution in [2.24, 2.45) is 0 Å². The second-order valence-corrected chi connectivity index (χ2v) is 7.55. The Balaban J connectivity index is 2.00. The van der Waals surface area contributed by atoms with Crippen molar-refractivity contribution < 1.29 is 18.3 Å². The Morgan fingerprint density at radius 1 is 1.14 bits per heavy atom. The summed E-state index contributed by atoms with van der Waals surface area (Å²) in [5.41, 5.74) is 0.129. The smallest absolute Gasteiger partial charge is 0.266 e. The third-order valence-corrected chi connectivity index (χ3v) is 5.27. The summed E-state index contributed by atoms with van der Waals surface area (Å²) in [6.07, 6.45) is 0.633. The van der Waals surface area contributed by atoms with Crippen LogP contribution >= 0.6 is 11.3 Å². The van der Waals surface area contributed by atoms with E-state index in [0.29, 0.717) is 29.4 Å². The molecule has 2 aromatic carbocycles. The highest BCUT2D eigenvalue weighted by Gasteiger charge is 2.26. The summed E-state index contributed by atoms with van der Waals surface area (Å²) >= 11 is 1.28. The summed E-state index contributed by atoms with van der Waals surface area (Å²) in [7, 11) is 5.42. The van der Waals surface area contributed by atoms with E-state index in [0.717, 1.165) is 23.4 Å². The topological polar surface area (TPSA) is 45.7 Å². The van der Waals surface area contributed by atoms with E-state index in [2.05, 4.69) is 4.98 Å². The van der Waals surface area contributed by atoms with E-state index in [1.54, 1.807) is 19.2 Å². The largest absolute Gasteiger partial charge is 0.497 e. The first-order chi connectivity index (χ1) is 13.4. The summed E-state index contributed by atoms with van der Waals surface area (Å²) in [6.45, 7) is 1.02. The zero-order valence-corrected chi connectivity index (χ0v) is 16.7. The van der Waals surface area contributed by atoms with Gasteiger partial charge in [0, 0.05) is 6.54 Å². The summed E-state index contributed by atoms with van der Waals surface area (Å²) < 4.78 is 34.5. The summed E-state index contributed by atoms with van der Waals surface area (Å²) in [5.74, 6) is -1.83. The number of fused-ring (bicyclic) bond motifs is 1. The predicted octanol–water partition coefficient (Wildman–Crippen LogP) is 4.18. The van der Waals surface area contributed by atoms with Gasteiger partial charge in [-0.05, 0) is 57.4 Å². The number of ether oxygens (including phenoxy) is 1. The van der Waals surface area contributed by atoms with Crippen LogP contribution < -0.4 is 9.64 Å². The summed E-state index contributed by atoms with van der Waals surface area (Å²) in [5, 5.41) is 0.398. The molecule has 0 spiro atoms. The fourth-order valence-electron chi connectivity index (χ4n) is 2.80. The molecule has 0 unspecified atom stereocenters. The maximum Gasteiger partial charge on any atom is 0.266 e. The minimum absolute atomic E-state index is 0.293. The molecular weight excluding hydrogens is 384 g/mol. The van der Waals surface area contributed by atoms with E-state index in [1.807, 2.05) is 25.1 Å². The van der Waals surface area contributed by atoms with E-state index < -0.39 is 23.1 Å². The number of anilines is 1. The van der Waals surface area contributed by atoms with Gasteiger partial charge in [-0.15, -0.1) is 0 Å². The van der Waals surface area contributed by atoms with Gasteiger partial charge in [-0.2, -0.15) is 0 Å². The monoisotopic (exact) mass is 405 g/mol. The molecule has 3 aromatic rings. The van der Waals surface area contributed by atoms with Crippen molar-refractivity contribution in [3.63, 3.8) is 0 Å². The molecule has 28 heavy (non-hydrogen) atoms. The Labute approximate surface area is 166 Å². The number of halogens is 2. The van der Waals surface area contributed by atoms with Gasteiger partial charge < -0.3 is 9.64 Å². The van der Waals surface area contributed by atoms with E-state index >= 15 is 0 Å². The molecule has 0 saturated carbocycles. The highest BCUT2D eigenvalue weighted by atomic mass is 32.1. The molecule has 0 radical (unpaired) electrons. The first kappa shape index (κ1) is 20.2. The Morgan fingerprint density at radius 3 is 2.50 bits per heavy atom. The number of methoxy groups -OCH3 is 1. The number of thiazole rings is 1. The lowest BCUT2D eigenvalue weighted by Gasteiger charge is -2.21. The average Bonchev–Trinajstić information content (AvgIpc) is 3.07. The van der Waals surface area contributed by atoms with Crippen molar-refractivity contribution in [1.29, 1.82) is 0 Å². The predicted molar refractivity (Wildman–Crippen MR) is 107 cm³/mol. The molecule has 148 valence electrons. The second kappa shape index (κ2) is 8.62. The molecule has 0 aliphatic heterocycles. The molecule has 1 heterocycles. The number of hydrogen-bond donors (Lipinski definition) is 0. The van der Waals surface area contributed by atoms with Crippen LogP contribution in [0, 0.1) is 11.6 Å². The lowest BCUT2D eigenvalue weighted by molar-refractivity contribution is 0.0978. The van der Waals surface area contributed by atoms with Crippen molar-refractivity contribution >= 4 is 32.6 Å². The standard InChI is InChI=1S/C20H21F2N3O2S/c1-24(2)10-5-11-25(19(26)18-14(21)6-4-7-15(18)22)20-23-16-9-8-13(27-3)12-17(16)28-20/h4,6-9,12H,5,10-11H2,1-3H3. The second-order valence-electron chi connectivity index (χ2n) is 6.54. The van der Waals surface area contributed by atoms with E-state index in [-0.39, 0.29) is 0 Å². The van der Waals surface area contributed by atoms with Gasteiger partial charge in [0.15, 0.2) is 5.13 Å². The van der Waals surface area contributed by atoms with Crippen molar-refractivity contribution in [3.8, 4) is 5.75 Å². The Morgan fingerprint density at radius 2 is 1.86 bits per heavy atom. The zero-order chi connectivity index (χ0) is 20.3. The van der Waals surface area contributed by atoms with E-state index in [4.69, 9.17) is 4.74 Å². The van der Waals surface area contributed by atoms with Gasteiger partial charge in [-0.25, -0.2) is 13.8 Å². The quantitative estimate of drug-likeness (QED) is 0.592. The van der Waals surface area contributed by atoms with Crippen LogP contribution in [0.15, 0.2) is 36.4 Å².